The van der Waals surface area contributed by atoms with Crippen molar-refractivity contribution in [2.75, 3.05) is 11.8 Å². The van der Waals surface area contributed by atoms with Crippen molar-refractivity contribution in [2.24, 2.45) is 0 Å². The Kier molecular flexibility index (Phi) is 5.08. The molecule has 3 rings (SSSR count). The van der Waals surface area contributed by atoms with Gasteiger partial charge in [-0.05, 0) is 66.6 Å². The van der Waals surface area contributed by atoms with Crippen molar-refractivity contribution in [3.8, 4) is 0 Å². The number of aryl methyl sites for hydroxylation is 2. The maximum atomic E-state index is 12.6. The van der Waals surface area contributed by atoms with Crippen LogP contribution in [0.1, 0.15) is 29.5 Å². The summed E-state index contributed by atoms with van der Waals surface area (Å²) in [6.45, 7) is 0. The van der Waals surface area contributed by atoms with Crippen LogP contribution in [-0.2, 0) is 34.1 Å². The zero-order chi connectivity index (χ0) is 17.9. The van der Waals surface area contributed by atoms with E-state index in [0.717, 1.165) is 30.4 Å². The Morgan fingerprint density at radius 2 is 1.68 bits per heavy atom. The summed E-state index contributed by atoms with van der Waals surface area (Å²) in [4.78, 5) is 11.7. The van der Waals surface area contributed by atoms with Crippen molar-refractivity contribution in [2.45, 2.75) is 37.0 Å². The number of hydrogen-bond donors (Lipinski definition) is 2. The van der Waals surface area contributed by atoms with E-state index in [0.29, 0.717) is 10.6 Å². The van der Waals surface area contributed by atoms with E-state index >= 15 is 0 Å². The number of amides is 1. The second-order valence-electron chi connectivity index (χ2n) is 6.29. The molecular weight excluding hydrogens is 336 g/mol. The lowest BCUT2D eigenvalue weighted by Crippen LogP contribution is -2.19. The molecule has 1 aliphatic rings. The second kappa shape index (κ2) is 7.27. The lowest BCUT2D eigenvalue weighted by molar-refractivity contribution is -0.119. The summed E-state index contributed by atoms with van der Waals surface area (Å²) in [5, 5.41) is 2.56. The zero-order valence-electron chi connectivity index (χ0n) is 14.2. The van der Waals surface area contributed by atoms with Gasteiger partial charge in [0.05, 0.1) is 11.3 Å². The lowest BCUT2D eigenvalue weighted by atomic mass is 9.92. The number of sulfonamides is 1. The van der Waals surface area contributed by atoms with Crippen molar-refractivity contribution in [1.82, 2.24) is 5.32 Å². The number of benzene rings is 2. The molecule has 25 heavy (non-hydrogen) atoms. The van der Waals surface area contributed by atoms with Gasteiger partial charge < -0.3 is 5.32 Å². The standard InChI is InChI=1S/C19H22N2O3S/c1-20-19(22)12-14-6-9-17(10-7-14)21-25(23,24)18-11-8-15-4-2-3-5-16(15)13-18/h6-11,13,21H,2-5,12H2,1H3,(H,20,22). The second-order valence-corrected chi connectivity index (χ2v) is 7.97. The summed E-state index contributed by atoms with van der Waals surface area (Å²) in [6.07, 6.45) is 4.51. The molecule has 1 amide bonds. The molecule has 0 fully saturated rings. The maximum Gasteiger partial charge on any atom is 0.261 e. The van der Waals surface area contributed by atoms with E-state index in [9.17, 15) is 13.2 Å². The van der Waals surface area contributed by atoms with Gasteiger partial charge in [0.15, 0.2) is 0 Å². The van der Waals surface area contributed by atoms with Gasteiger partial charge in [0.1, 0.15) is 0 Å². The average Bonchev–Trinajstić information content (AvgIpc) is 2.62. The molecular formula is C19H22N2O3S. The lowest BCUT2D eigenvalue weighted by Gasteiger charge is -2.17. The molecule has 132 valence electrons. The van der Waals surface area contributed by atoms with Crippen LogP contribution in [-0.4, -0.2) is 21.4 Å². The fourth-order valence-corrected chi connectivity index (χ4v) is 4.16. The minimum atomic E-state index is -3.62. The number of likely N-dealkylation sites (N-methyl/N-ethyl adjacent to an activating group) is 1. The number of rotatable bonds is 5. The van der Waals surface area contributed by atoms with E-state index in [1.165, 1.54) is 12.0 Å². The third kappa shape index (κ3) is 4.20. The van der Waals surface area contributed by atoms with E-state index < -0.39 is 10.0 Å². The van der Waals surface area contributed by atoms with Gasteiger partial charge in [0.25, 0.3) is 10.0 Å². The highest BCUT2D eigenvalue weighted by Crippen LogP contribution is 2.25. The minimum Gasteiger partial charge on any atom is -0.359 e. The van der Waals surface area contributed by atoms with Gasteiger partial charge >= 0.3 is 0 Å². The molecule has 0 saturated heterocycles. The summed E-state index contributed by atoms with van der Waals surface area (Å²) in [7, 11) is -2.03. The first-order valence-electron chi connectivity index (χ1n) is 8.42. The summed E-state index contributed by atoms with van der Waals surface area (Å²) in [5.74, 6) is -0.0811. The number of carbonyl (C=O) groups is 1. The third-order valence-corrected chi connectivity index (χ3v) is 5.86. The Morgan fingerprint density at radius 1 is 1.00 bits per heavy atom. The normalized spacial score (nSPS) is 13.8. The monoisotopic (exact) mass is 358 g/mol. The first kappa shape index (κ1) is 17.5. The first-order valence-corrected chi connectivity index (χ1v) is 9.90. The largest absolute Gasteiger partial charge is 0.359 e. The van der Waals surface area contributed by atoms with Gasteiger partial charge in [0.2, 0.25) is 5.91 Å². The molecule has 0 bridgehead atoms. The molecule has 0 heterocycles. The van der Waals surface area contributed by atoms with Crippen LogP contribution in [0.25, 0.3) is 0 Å². The highest BCUT2D eigenvalue weighted by Gasteiger charge is 2.18. The topological polar surface area (TPSA) is 75.3 Å². The van der Waals surface area contributed by atoms with Crippen LogP contribution in [0.2, 0.25) is 0 Å². The fourth-order valence-electron chi connectivity index (χ4n) is 3.06. The van der Waals surface area contributed by atoms with Crippen LogP contribution < -0.4 is 10.0 Å². The molecule has 0 aliphatic heterocycles. The van der Waals surface area contributed by atoms with Crippen LogP contribution in [0.15, 0.2) is 47.4 Å². The van der Waals surface area contributed by atoms with Gasteiger partial charge in [-0.2, -0.15) is 0 Å². The number of fused-ring (bicyclic) bond motifs is 1. The van der Waals surface area contributed by atoms with Gasteiger partial charge in [0, 0.05) is 12.7 Å². The molecule has 2 aromatic carbocycles. The fraction of sp³-hybridized carbons (Fsp3) is 0.316. The van der Waals surface area contributed by atoms with Crippen molar-refractivity contribution in [1.29, 1.82) is 0 Å². The third-order valence-electron chi connectivity index (χ3n) is 4.48. The summed E-state index contributed by atoms with van der Waals surface area (Å²) < 4.78 is 27.8. The number of carbonyl (C=O) groups excluding carboxylic acids is 1. The Hall–Kier alpha value is -2.34. The van der Waals surface area contributed by atoms with E-state index in [4.69, 9.17) is 0 Å². The predicted octanol–water partition coefficient (Wildman–Crippen LogP) is 2.65. The summed E-state index contributed by atoms with van der Waals surface area (Å²) >= 11 is 0. The van der Waals surface area contributed by atoms with Crippen LogP contribution >= 0.6 is 0 Å². The van der Waals surface area contributed by atoms with Crippen molar-refractivity contribution in [3.63, 3.8) is 0 Å². The number of hydrogen-bond acceptors (Lipinski definition) is 3. The molecule has 0 spiro atoms. The molecule has 2 N–H and O–H groups in total. The van der Waals surface area contributed by atoms with E-state index in [1.54, 1.807) is 43.4 Å². The van der Waals surface area contributed by atoms with Crippen molar-refractivity contribution in [3.05, 3.63) is 59.2 Å². The van der Waals surface area contributed by atoms with Gasteiger partial charge in [-0.25, -0.2) is 8.42 Å². The van der Waals surface area contributed by atoms with Gasteiger partial charge in [-0.3, -0.25) is 9.52 Å². The Morgan fingerprint density at radius 3 is 2.36 bits per heavy atom. The molecule has 6 heteroatoms. The summed E-state index contributed by atoms with van der Waals surface area (Å²) in [6, 6.07) is 12.2. The molecule has 0 saturated carbocycles. The zero-order valence-corrected chi connectivity index (χ0v) is 15.0. The minimum absolute atomic E-state index is 0.0811. The highest BCUT2D eigenvalue weighted by molar-refractivity contribution is 7.92. The summed E-state index contributed by atoms with van der Waals surface area (Å²) in [5.41, 5.74) is 3.70. The molecule has 1 aliphatic carbocycles. The van der Waals surface area contributed by atoms with E-state index in [2.05, 4.69) is 10.0 Å². The van der Waals surface area contributed by atoms with Crippen LogP contribution in [0.3, 0.4) is 0 Å². The molecule has 0 unspecified atom stereocenters. The molecule has 5 nitrogen and oxygen atoms in total. The van der Waals surface area contributed by atoms with E-state index in [-0.39, 0.29) is 12.3 Å². The average molecular weight is 358 g/mol. The van der Waals surface area contributed by atoms with E-state index in [1.807, 2.05) is 6.07 Å². The van der Waals surface area contributed by atoms with Crippen LogP contribution in [0.4, 0.5) is 5.69 Å². The molecule has 0 radical (unpaired) electrons. The van der Waals surface area contributed by atoms with Crippen LogP contribution in [0.5, 0.6) is 0 Å². The van der Waals surface area contributed by atoms with Gasteiger partial charge in [-0.15, -0.1) is 0 Å². The Balaban J connectivity index is 1.76. The predicted molar refractivity (Wildman–Crippen MR) is 98.1 cm³/mol. The first-order chi connectivity index (χ1) is 12.0. The molecule has 2 aromatic rings. The van der Waals surface area contributed by atoms with Crippen molar-refractivity contribution >= 4 is 21.6 Å². The Bertz CT molecular complexity index is 874. The Labute approximate surface area is 148 Å². The highest BCUT2D eigenvalue weighted by atomic mass is 32.2. The molecule has 0 aromatic heterocycles. The molecule has 0 atom stereocenters. The number of anilines is 1. The SMILES string of the molecule is CNC(=O)Cc1ccc(NS(=O)(=O)c2ccc3c(c2)CCCC3)cc1. The smallest absolute Gasteiger partial charge is 0.261 e. The quantitative estimate of drug-likeness (QED) is 0.863. The van der Waals surface area contributed by atoms with Crippen molar-refractivity contribution < 1.29 is 13.2 Å². The van der Waals surface area contributed by atoms with Crippen LogP contribution in [0, 0.1) is 0 Å². The number of nitrogens with one attached hydrogen (secondary N) is 2. The maximum absolute atomic E-state index is 12.6. The van der Waals surface area contributed by atoms with Gasteiger partial charge in [-0.1, -0.05) is 18.2 Å².